The molecule has 0 saturated heterocycles. The molecule has 0 aliphatic carbocycles. The number of hydrogen-bond donors (Lipinski definition) is 1. The Morgan fingerprint density at radius 3 is 2.89 bits per heavy atom. The number of nitrogens with zero attached hydrogens (tertiary/aromatic N) is 1. The third-order valence-electron chi connectivity index (χ3n) is 2.69. The summed E-state index contributed by atoms with van der Waals surface area (Å²) in [5, 5.41) is 6.23. The molecular formula is C14H17ClN2OS. The van der Waals surface area contributed by atoms with Crippen molar-refractivity contribution in [2.75, 3.05) is 13.2 Å². The van der Waals surface area contributed by atoms with Gasteiger partial charge in [-0.2, -0.15) is 0 Å². The molecular weight excluding hydrogens is 280 g/mol. The van der Waals surface area contributed by atoms with Crippen LogP contribution in [0.5, 0.6) is 5.75 Å². The second-order valence-corrected chi connectivity index (χ2v) is 5.37. The second kappa shape index (κ2) is 6.89. The molecule has 0 saturated carbocycles. The summed E-state index contributed by atoms with van der Waals surface area (Å²) in [5.74, 6) is 0.788. The van der Waals surface area contributed by atoms with Gasteiger partial charge >= 0.3 is 0 Å². The van der Waals surface area contributed by atoms with Crippen molar-refractivity contribution < 1.29 is 4.74 Å². The molecule has 2 heterocycles. The van der Waals surface area contributed by atoms with Crippen LogP contribution in [0.4, 0.5) is 0 Å². The van der Waals surface area contributed by atoms with E-state index in [4.69, 9.17) is 16.3 Å². The maximum atomic E-state index is 6.24. The van der Waals surface area contributed by atoms with Crippen molar-refractivity contribution in [3.63, 3.8) is 0 Å². The highest BCUT2D eigenvalue weighted by atomic mass is 35.5. The van der Waals surface area contributed by atoms with Gasteiger partial charge in [-0.05, 0) is 36.5 Å². The van der Waals surface area contributed by atoms with E-state index in [0.717, 1.165) is 27.8 Å². The molecule has 0 bridgehead atoms. The largest absolute Gasteiger partial charge is 0.492 e. The molecule has 19 heavy (non-hydrogen) atoms. The van der Waals surface area contributed by atoms with Crippen LogP contribution >= 0.6 is 22.9 Å². The number of rotatable bonds is 6. The first-order chi connectivity index (χ1) is 9.26. The van der Waals surface area contributed by atoms with Gasteiger partial charge in [0.05, 0.1) is 23.9 Å². The van der Waals surface area contributed by atoms with Crippen LogP contribution in [-0.4, -0.2) is 18.1 Å². The molecule has 0 amide bonds. The highest BCUT2D eigenvalue weighted by Gasteiger charge is 2.18. The molecule has 2 aromatic rings. The van der Waals surface area contributed by atoms with E-state index < -0.39 is 0 Å². The Balaban J connectivity index is 2.33. The van der Waals surface area contributed by atoms with Gasteiger partial charge in [0.2, 0.25) is 0 Å². The summed E-state index contributed by atoms with van der Waals surface area (Å²) in [7, 11) is 0. The van der Waals surface area contributed by atoms with E-state index in [1.54, 1.807) is 17.5 Å². The van der Waals surface area contributed by atoms with Crippen molar-refractivity contribution in [3.8, 4) is 5.75 Å². The Bertz CT molecular complexity index is 530. The van der Waals surface area contributed by atoms with Gasteiger partial charge in [0.1, 0.15) is 5.75 Å². The van der Waals surface area contributed by atoms with Crippen LogP contribution < -0.4 is 10.1 Å². The lowest BCUT2D eigenvalue weighted by atomic mass is 10.1. The number of ether oxygens (including phenoxy) is 1. The lowest BCUT2D eigenvalue weighted by Gasteiger charge is -2.18. The van der Waals surface area contributed by atoms with Crippen molar-refractivity contribution >= 4 is 22.9 Å². The number of aromatic nitrogens is 1. The van der Waals surface area contributed by atoms with E-state index >= 15 is 0 Å². The molecule has 1 atom stereocenters. The third kappa shape index (κ3) is 3.47. The molecule has 5 heteroatoms. The van der Waals surface area contributed by atoms with Crippen molar-refractivity contribution in [1.29, 1.82) is 0 Å². The molecule has 1 N–H and O–H groups in total. The summed E-state index contributed by atoms with van der Waals surface area (Å²) in [5.41, 5.74) is 1.07. The maximum Gasteiger partial charge on any atom is 0.137 e. The van der Waals surface area contributed by atoms with Crippen LogP contribution in [0.3, 0.4) is 0 Å². The SMILES string of the molecule is CCNC(c1cncc(OCC)c1)c1sccc1Cl. The quantitative estimate of drug-likeness (QED) is 0.878. The molecule has 0 aliphatic heterocycles. The summed E-state index contributed by atoms with van der Waals surface area (Å²) in [6.45, 7) is 5.54. The van der Waals surface area contributed by atoms with E-state index in [0.29, 0.717) is 6.61 Å². The smallest absolute Gasteiger partial charge is 0.137 e. The molecule has 2 aromatic heterocycles. The van der Waals surface area contributed by atoms with E-state index in [9.17, 15) is 0 Å². The molecule has 1 unspecified atom stereocenters. The van der Waals surface area contributed by atoms with Crippen molar-refractivity contribution in [1.82, 2.24) is 10.3 Å². The summed E-state index contributed by atoms with van der Waals surface area (Å²) in [6.07, 6.45) is 3.58. The maximum absolute atomic E-state index is 6.24. The minimum Gasteiger partial charge on any atom is -0.492 e. The zero-order valence-corrected chi connectivity index (χ0v) is 12.6. The predicted molar refractivity (Wildman–Crippen MR) is 80.3 cm³/mol. The first-order valence-electron chi connectivity index (χ1n) is 6.30. The molecule has 0 spiro atoms. The van der Waals surface area contributed by atoms with Crippen molar-refractivity contribution in [2.24, 2.45) is 0 Å². The van der Waals surface area contributed by atoms with Crippen molar-refractivity contribution in [3.05, 3.63) is 45.4 Å². The Morgan fingerprint density at radius 1 is 1.42 bits per heavy atom. The van der Waals surface area contributed by atoms with Gasteiger partial charge < -0.3 is 10.1 Å². The summed E-state index contributed by atoms with van der Waals surface area (Å²) in [6, 6.07) is 4.00. The first-order valence-corrected chi connectivity index (χ1v) is 7.56. The average molecular weight is 297 g/mol. The lowest BCUT2D eigenvalue weighted by Crippen LogP contribution is -2.21. The van der Waals surface area contributed by atoms with E-state index in [1.807, 2.05) is 30.6 Å². The Morgan fingerprint density at radius 2 is 2.26 bits per heavy atom. The van der Waals surface area contributed by atoms with Crippen LogP contribution in [0.25, 0.3) is 0 Å². The first kappa shape index (κ1) is 14.3. The Hall–Kier alpha value is -1.10. The molecule has 0 aromatic carbocycles. The molecule has 0 aliphatic rings. The number of hydrogen-bond acceptors (Lipinski definition) is 4. The van der Waals surface area contributed by atoms with E-state index in [1.165, 1.54) is 0 Å². The summed E-state index contributed by atoms with van der Waals surface area (Å²) in [4.78, 5) is 5.35. The van der Waals surface area contributed by atoms with Crippen LogP contribution in [0.15, 0.2) is 29.9 Å². The number of thiophene rings is 1. The summed E-state index contributed by atoms with van der Waals surface area (Å²) >= 11 is 7.89. The zero-order valence-electron chi connectivity index (χ0n) is 11.0. The van der Waals surface area contributed by atoms with E-state index in [-0.39, 0.29) is 6.04 Å². The monoisotopic (exact) mass is 296 g/mol. The fourth-order valence-electron chi connectivity index (χ4n) is 1.92. The molecule has 3 nitrogen and oxygen atoms in total. The average Bonchev–Trinajstić information content (AvgIpc) is 2.83. The summed E-state index contributed by atoms with van der Waals surface area (Å²) < 4.78 is 5.50. The minimum atomic E-state index is 0.0606. The topological polar surface area (TPSA) is 34.2 Å². The van der Waals surface area contributed by atoms with Crippen LogP contribution in [-0.2, 0) is 0 Å². The van der Waals surface area contributed by atoms with Gasteiger partial charge in [-0.15, -0.1) is 11.3 Å². The van der Waals surface area contributed by atoms with Gasteiger partial charge in [0.25, 0.3) is 0 Å². The third-order valence-corrected chi connectivity index (χ3v) is 4.12. The van der Waals surface area contributed by atoms with Gasteiger partial charge in [-0.3, -0.25) is 4.98 Å². The Labute approximate surface area is 122 Å². The highest BCUT2D eigenvalue weighted by molar-refractivity contribution is 7.10. The Kier molecular flexibility index (Phi) is 5.19. The number of pyridine rings is 1. The van der Waals surface area contributed by atoms with Gasteiger partial charge in [0.15, 0.2) is 0 Å². The fourth-order valence-corrected chi connectivity index (χ4v) is 3.18. The zero-order chi connectivity index (χ0) is 13.7. The normalized spacial score (nSPS) is 12.4. The van der Waals surface area contributed by atoms with Crippen LogP contribution in [0.2, 0.25) is 5.02 Å². The van der Waals surface area contributed by atoms with Gasteiger partial charge in [-0.1, -0.05) is 18.5 Å². The standard InChI is InChI=1S/C14H17ClN2OS/c1-3-17-13(14-12(15)5-6-19-14)10-7-11(18-4-2)9-16-8-10/h5-9,13,17H,3-4H2,1-2H3. The van der Waals surface area contributed by atoms with Crippen LogP contribution in [0, 0.1) is 0 Å². The second-order valence-electron chi connectivity index (χ2n) is 4.01. The molecule has 0 fully saturated rings. The number of halogens is 1. The minimum absolute atomic E-state index is 0.0606. The number of nitrogens with one attached hydrogen (secondary N) is 1. The lowest BCUT2D eigenvalue weighted by molar-refractivity contribution is 0.338. The van der Waals surface area contributed by atoms with E-state index in [2.05, 4.69) is 17.2 Å². The molecule has 2 rings (SSSR count). The van der Waals surface area contributed by atoms with Gasteiger partial charge in [-0.25, -0.2) is 0 Å². The molecule has 102 valence electrons. The predicted octanol–water partition coefficient (Wildman–Crippen LogP) is 3.89. The molecule has 0 radical (unpaired) electrons. The van der Waals surface area contributed by atoms with Crippen molar-refractivity contribution in [2.45, 2.75) is 19.9 Å². The van der Waals surface area contributed by atoms with Crippen LogP contribution in [0.1, 0.15) is 30.3 Å². The fraction of sp³-hybridized carbons (Fsp3) is 0.357. The highest BCUT2D eigenvalue weighted by Crippen LogP contribution is 2.33. The van der Waals surface area contributed by atoms with Gasteiger partial charge in [0, 0.05) is 11.1 Å².